The lowest BCUT2D eigenvalue weighted by molar-refractivity contribution is -0.148. The van der Waals surface area contributed by atoms with Gasteiger partial charge in [0, 0.05) is 31.2 Å². The van der Waals surface area contributed by atoms with Crippen LogP contribution in [0.5, 0.6) is 0 Å². The number of hydrogen-bond donors (Lipinski definition) is 1. The van der Waals surface area contributed by atoms with Gasteiger partial charge in [-0.3, -0.25) is 4.90 Å². The normalized spacial score (nSPS) is 35.4. The van der Waals surface area contributed by atoms with Crippen molar-refractivity contribution in [1.82, 2.24) is 10.2 Å². The van der Waals surface area contributed by atoms with Crippen LogP contribution in [-0.2, 0) is 4.74 Å². The van der Waals surface area contributed by atoms with Gasteiger partial charge in [0.1, 0.15) is 0 Å². The molecule has 94 valence electrons. The molecule has 0 amide bonds. The molecule has 1 N–H and O–H groups in total. The summed E-state index contributed by atoms with van der Waals surface area (Å²) in [5.74, 6) is 0. The smallest absolute Gasteiger partial charge is 0.0655 e. The standard InChI is InChI=1S/C13H26N2O/c1-4-16-12-10-11(13(12,2)3)15-8-5-6-14-7-9-15/h11-12,14H,4-10H2,1-3H3. The van der Waals surface area contributed by atoms with E-state index in [1.165, 1.54) is 32.5 Å². The minimum absolute atomic E-state index is 0.334. The SMILES string of the molecule is CCOC1CC(N2CCCNCC2)C1(C)C. The highest BCUT2D eigenvalue weighted by Crippen LogP contribution is 2.45. The van der Waals surface area contributed by atoms with E-state index in [1.807, 2.05) is 0 Å². The Balaban J connectivity index is 1.91. The van der Waals surface area contributed by atoms with Crippen LogP contribution in [0.4, 0.5) is 0 Å². The van der Waals surface area contributed by atoms with Crippen LogP contribution in [0.15, 0.2) is 0 Å². The van der Waals surface area contributed by atoms with Crippen LogP contribution in [-0.4, -0.2) is 49.8 Å². The van der Waals surface area contributed by atoms with Gasteiger partial charge in [0.15, 0.2) is 0 Å². The highest BCUT2D eigenvalue weighted by molar-refractivity contribution is 5.04. The number of hydrogen-bond acceptors (Lipinski definition) is 3. The van der Waals surface area contributed by atoms with Crippen LogP contribution in [0.3, 0.4) is 0 Å². The minimum atomic E-state index is 0.334. The Labute approximate surface area is 99.5 Å². The summed E-state index contributed by atoms with van der Waals surface area (Å²) in [6.07, 6.45) is 2.98. The first-order valence-corrected chi connectivity index (χ1v) is 6.72. The molecule has 0 aromatic carbocycles. The van der Waals surface area contributed by atoms with E-state index in [-0.39, 0.29) is 0 Å². The maximum Gasteiger partial charge on any atom is 0.0655 e. The van der Waals surface area contributed by atoms with E-state index in [2.05, 4.69) is 31.0 Å². The Morgan fingerprint density at radius 1 is 1.31 bits per heavy atom. The lowest BCUT2D eigenvalue weighted by atomic mass is 9.63. The lowest BCUT2D eigenvalue weighted by Crippen LogP contribution is -2.62. The number of nitrogens with one attached hydrogen (secondary N) is 1. The van der Waals surface area contributed by atoms with Crippen LogP contribution in [0.25, 0.3) is 0 Å². The Bertz CT molecular complexity index is 222. The molecule has 0 aromatic heterocycles. The van der Waals surface area contributed by atoms with Gasteiger partial charge in [0.2, 0.25) is 0 Å². The van der Waals surface area contributed by atoms with Crippen molar-refractivity contribution >= 4 is 0 Å². The molecule has 1 saturated heterocycles. The Morgan fingerprint density at radius 2 is 2.12 bits per heavy atom. The summed E-state index contributed by atoms with van der Waals surface area (Å²) in [5, 5.41) is 3.47. The zero-order chi connectivity index (χ0) is 11.6. The molecule has 2 unspecified atom stereocenters. The summed E-state index contributed by atoms with van der Waals surface area (Å²) in [5.41, 5.74) is 0.334. The van der Waals surface area contributed by atoms with Gasteiger partial charge in [-0.1, -0.05) is 13.8 Å². The van der Waals surface area contributed by atoms with Gasteiger partial charge in [-0.25, -0.2) is 0 Å². The van der Waals surface area contributed by atoms with Crippen molar-refractivity contribution in [3.63, 3.8) is 0 Å². The molecule has 2 aliphatic rings. The second-order valence-corrected chi connectivity index (χ2v) is 5.66. The van der Waals surface area contributed by atoms with Gasteiger partial charge >= 0.3 is 0 Å². The molecule has 1 heterocycles. The molecule has 3 heteroatoms. The largest absolute Gasteiger partial charge is 0.378 e. The Kier molecular flexibility index (Phi) is 3.88. The van der Waals surface area contributed by atoms with E-state index in [0.717, 1.165) is 19.2 Å². The first-order chi connectivity index (χ1) is 7.66. The number of nitrogens with zero attached hydrogens (tertiary/aromatic N) is 1. The summed E-state index contributed by atoms with van der Waals surface area (Å²) in [7, 11) is 0. The average molecular weight is 226 g/mol. The maximum atomic E-state index is 5.80. The van der Waals surface area contributed by atoms with Crippen molar-refractivity contribution in [2.45, 2.75) is 45.8 Å². The quantitative estimate of drug-likeness (QED) is 0.789. The third-order valence-electron chi connectivity index (χ3n) is 4.31. The number of ether oxygens (including phenoxy) is 1. The highest BCUT2D eigenvalue weighted by atomic mass is 16.5. The van der Waals surface area contributed by atoms with Crippen molar-refractivity contribution in [1.29, 1.82) is 0 Å². The van der Waals surface area contributed by atoms with Crippen LogP contribution >= 0.6 is 0 Å². The third kappa shape index (κ3) is 2.27. The topological polar surface area (TPSA) is 24.5 Å². The fraction of sp³-hybridized carbons (Fsp3) is 1.00. The van der Waals surface area contributed by atoms with Crippen LogP contribution in [0, 0.1) is 5.41 Å². The lowest BCUT2D eigenvalue weighted by Gasteiger charge is -2.55. The molecule has 2 fully saturated rings. The summed E-state index contributed by atoms with van der Waals surface area (Å²) in [4.78, 5) is 2.66. The van der Waals surface area contributed by atoms with Crippen molar-refractivity contribution in [3.05, 3.63) is 0 Å². The fourth-order valence-corrected chi connectivity index (χ4v) is 3.15. The fourth-order valence-electron chi connectivity index (χ4n) is 3.15. The summed E-state index contributed by atoms with van der Waals surface area (Å²) in [6, 6.07) is 0.726. The molecule has 0 bridgehead atoms. The molecule has 0 radical (unpaired) electrons. The van der Waals surface area contributed by atoms with Crippen molar-refractivity contribution < 1.29 is 4.74 Å². The summed E-state index contributed by atoms with van der Waals surface area (Å²) < 4.78 is 5.80. The molecule has 3 nitrogen and oxygen atoms in total. The molecule has 0 aromatic rings. The minimum Gasteiger partial charge on any atom is -0.378 e. The van der Waals surface area contributed by atoms with Gasteiger partial charge in [-0.15, -0.1) is 0 Å². The monoisotopic (exact) mass is 226 g/mol. The van der Waals surface area contributed by atoms with Crippen molar-refractivity contribution in [2.24, 2.45) is 5.41 Å². The molecular formula is C13H26N2O. The van der Waals surface area contributed by atoms with E-state index in [4.69, 9.17) is 4.74 Å². The highest BCUT2D eigenvalue weighted by Gasteiger charge is 2.51. The third-order valence-corrected chi connectivity index (χ3v) is 4.31. The first-order valence-electron chi connectivity index (χ1n) is 6.72. The van der Waals surface area contributed by atoms with Crippen LogP contribution in [0.2, 0.25) is 0 Å². The van der Waals surface area contributed by atoms with E-state index >= 15 is 0 Å². The predicted octanol–water partition coefficient (Wildman–Crippen LogP) is 1.49. The molecule has 1 saturated carbocycles. The maximum absolute atomic E-state index is 5.80. The summed E-state index contributed by atoms with van der Waals surface area (Å²) >= 11 is 0. The molecule has 1 aliphatic carbocycles. The molecule has 0 spiro atoms. The molecule has 1 aliphatic heterocycles. The molecular weight excluding hydrogens is 200 g/mol. The zero-order valence-corrected chi connectivity index (χ0v) is 11.0. The molecule has 2 atom stereocenters. The van der Waals surface area contributed by atoms with E-state index in [1.54, 1.807) is 0 Å². The van der Waals surface area contributed by atoms with Gasteiger partial charge in [0.05, 0.1) is 6.10 Å². The Morgan fingerprint density at radius 3 is 2.81 bits per heavy atom. The average Bonchev–Trinajstić information content (AvgIpc) is 2.52. The van der Waals surface area contributed by atoms with Crippen molar-refractivity contribution in [3.8, 4) is 0 Å². The number of rotatable bonds is 3. The second-order valence-electron chi connectivity index (χ2n) is 5.66. The Hall–Kier alpha value is -0.120. The van der Waals surface area contributed by atoms with Crippen LogP contribution < -0.4 is 5.32 Å². The first kappa shape index (κ1) is 12.3. The molecule has 2 rings (SSSR count). The molecule has 16 heavy (non-hydrogen) atoms. The van der Waals surface area contributed by atoms with Gasteiger partial charge in [-0.2, -0.15) is 0 Å². The zero-order valence-electron chi connectivity index (χ0n) is 11.0. The van der Waals surface area contributed by atoms with E-state index in [9.17, 15) is 0 Å². The van der Waals surface area contributed by atoms with Gasteiger partial charge in [0.25, 0.3) is 0 Å². The predicted molar refractivity (Wildman–Crippen MR) is 66.7 cm³/mol. The second kappa shape index (κ2) is 5.03. The van der Waals surface area contributed by atoms with Crippen LogP contribution in [0.1, 0.15) is 33.6 Å². The summed E-state index contributed by atoms with van der Waals surface area (Å²) in [6.45, 7) is 12.4. The van der Waals surface area contributed by atoms with Gasteiger partial charge < -0.3 is 10.1 Å². The van der Waals surface area contributed by atoms with Gasteiger partial charge in [-0.05, 0) is 32.9 Å². The van der Waals surface area contributed by atoms with E-state index in [0.29, 0.717) is 11.5 Å². The van der Waals surface area contributed by atoms with E-state index < -0.39 is 0 Å². The van der Waals surface area contributed by atoms with Crippen molar-refractivity contribution in [2.75, 3.05) is 32.8 Å².